The van der Waals surface area contributed by atoms with Gasteiger partial charge in [-0.05, 0) is 30.2 Å². The molecule has 0 aliphatic heterocycles. The van der Waals surface area contributed by atoms with E-state index in [0.29, 0.717) is 18.4 Å². The molecule has 0 bridgehead atoms. The largest absolute Gasteiger partial charge is 0.391 e. The van der Waals surface area contributed by atoms with E-state index in [-0.39, 0.29) is 6.10 Å². The van der Waals surface area contributed by atoms with Gasteiger partial charge in [-0.2, -0.15) is 4.98 Å². The minimum absolute atomic E-state index is 0.272. The van der Waals surface area contributed by atoms with E-state index in [1.54, 1.807) is 18.4 Å². The Bertz CT molecular complexity index is 552. The number of nitrogens with zero attached hydrogens (tertiary/aromatic N) is 2. The second-order valence-corrected chi connectivity index (χ2v) is 5.47. The van der Waals surface area contributed by atoms with Crippen molar-refractivity contribution in [2.75, 3.05) is 24.2 Å². The van der Waals surface area contributed by atoms with Crippen LogP contribution in [-0.4, -0.2) is 34.8 Å². The molecule has 2 aromatic rings. The molecular weight excluding hydrogens is 248 g/mol. The molecular formula is C12H16N4OS. The highest BCUT2D eigenvalue weighted by molar-refractivity contribution is 7.16. The number of aliphatic hydroxyl groups is 1. The number of thiophene rings is 1. The van der Waals surface area contributed by atoms with Crippen LogP contribution in [0, 0.1) is 5.92 Å². The van der Waals surface area contributed by atoms with Crippen molar-refractivity contribution in [3.63, 3.8) is 0 Å². The number of rotatable bonds is 5. The lowest BCUT2D eigenvalue weighted by atomic mass is 10.2. The van der Waals surface area contributed by atoms with E-state index >= 15 is 0 Å². The monoisotopic (exact) mass is 264 g/mol. The molecule has 0 amide bonds. The highest BCUT2D eigenvalue weighted by atomic mass is 32.1. The normalized spacial score (nSPS) is 16.8. The highest BCUT2D eigenvalue weighted by Crippen LogP contribution is 2.33. The number of fused-ring (bicyclic) bond motifs is 1. The Labute approximate surface area is 109 Å². The molecule has 5 nitrogen and oxygen atoms in total. The first-order chi connectivity index (χ1) is 8.78. The van der Waals surface area contributed by atoms with Gasteiger partial charge in [0.05, 0.1) is 11.5 Å². The number of aliphatic hydroxyl groups excluding tert-OH is 1. The molecule has 1 unspecified atom stereocenters. The van der Waals surface area contributed by atoms with E-state index in [9.17, 15) is 5.11 Å². The summed E-state index contributed by atoms with van der Waals surface area (Å²) in [5.41, 5.74) is 0. The topological polar surface area (TPSA) is 70.1 Å². The van der Waals surface area contributed by atoms with Crippen molar-refractivity contribution in [3.05, 3.63) is 11.4 Å². The fourth-order valence-electron chi connectivity index (χ4n) is 1.95. The van der Waals surface area contributed by atoms with Gasteiger partial charge in [0.1, 0.15) is 10.6 Å². The van der Waals surface area contributed by atoms with Gasteiger partial charge in [-0.3, -0.25) is 0 Å². The lowest BCUT2D eigenvalue weighted by molar-refractivity contribution is 0.164. The number of anilines is 2. The van der Waals surface area contributed by atoms with Crippen LogP contribution >= 0.6 is 11.3 Å². The number of hydrogen-bond donors (Lipinski definition) is 3. The molecule has 0 saturated heterocycles. The average Bonchev–Trinajstić information content (AvgIpc) is 3.13. The maximum absolute atomic E-state index is 9.88. The van der Waals surface area contributed by atoms with E-state index in [0.717, 1.165) is 28.9 Å². The van der Waals surface area contributed by atoms with Gasteiger partial charge >= 0.3 is 0 Å². The van der Waals surface area contributed by atoms with E-state index in [1.807, 2.05) is 11.4 Å². The molecule has 1 fully saturated rings. The van der Waals surface area contributed by atoms with Crippen molar-refractivity contribution >= 4 is 33.3 Å². The second kappa shape index (κ2) is 4.70. The van der Waals surface area contributed by atoms with E-state index in [1.165, 1.54) is 0 Å². The van der Waals surface area contributed by atoms with E-state index in [2.05, 4.69) is 20.6 Å². The number of hydrogen-bond acceptors (Lipinski definition) is 6. The summed E-state index contributed by atoms with van der Waals surface area (Å²) < 4.78 is 0. The van der Waals surface area contributed by atoms with Crippen LogP contribution in [0.3, 0.4) is 0 Å². The lowest BCUT2D eigenvalue weighted by Gasteiger charge is -2.12. The summed E-state index contributed by atoms with van der Waals surface area (Å²) in [6.45, 7) is 0.551. The highest BCUT2D eigenvalue weighted by Gasteiger charge is 2.29. The standard InChI is InChI=1S/C12H16N4OS/c1-13-12-15-10(8-4-5-18-11(8)16-12)14-6-9(17)7-2-3-7/h4-5,7,9,17H,2-3,6H2,1H3,(H2,13,14,15,16). The third kappa shape index (κ3) is 2.26. The third-order valence-corrected chi connectivity index (χ3v) is 4.00. The first-order valence-electron chi connectivity index (χ1n) is 6.13. The predicted molar refractivity (Wildman–Crippen MR) is 74.2 cm³/mol. The minimum Gasteiger partial charge on any atom is -0.391 e. The lowest BCUT2D eigenvalue weighted by Crippen LogP contribution is -2.22. The average molecular weight is 264 g/mol. The molecule has 6 heteroatoms. The molecule has 0 radical (unpaired) electrons. The maximum atomic E-state index is 9.88. The Morgan fingerprint density at radius 1 is 1.50 bits per heavy atom. The number of nitrogens with one attached hydrogen (secondary N) is 2. The zero-order chi connectivity index (χ0) is 12.5. The van der Waals surface area contributed by atoms with E-state index in [4.69, 9.17) is 0 Å². The van der Waals surface area contributed by atoms with Crippen LogP contribution in [-0.2, 0) is 0 Å². The van der Waals surface area contributed by atoms with Gasteiger partial charge < -0.3 is 15.7 Å². The molecule has 1 aliphatic carbocycles. The first kappa shape index (κ1) is 11.7. The molecule has 0 spiro atoms. The summed E-state index contributed by atoms with van der Waals surface area (Å²) in [6, 6.07) is 2.01. The van der Waals surface area contributed by atoms with Crippen LogP contribution in [0.1, 0.15) is 12.8 Å². The van der Waals surface area contributed by atoms with E-state index < -0.39 is 0 Å². The fourth-order valence-corrected chi connectivity index (χ4v) is 2.71. The Morgan fingerprint density at radius 2 is 2.33 bits per heavy atom. The predicted octanol–water partition coefficient (Wildman–Crippen LogP) is 1.92. The molecule has 18 heavy (non-hydrogen) atoms. The van der Waals surface area contributed by atoms with Crippen molar-refractivity contribution < 1.29 is 5.11 Å². The van der Waals surface area contributed by atoms with Crippen LogP contribution < -0.4 is 10.6 Å². The molecule has 2 aromatic heterocycles. The van der Waals surface area contributed by atoms with Gasteiger partial charge in [0.15, 0.2) is 0 Å². The molecule has 2 heterocycles. The third-order valence-electron chi connectivity index (χ3n) is 3.19. The Kier molecular flexibility index (Phi) is 3.05. The van der Waals surface area contributed by atoms with Gasteiger partial charge in [-0.1, -0.05) is 0 Å². The van der Waals surface area contributed by atoms with Crippen LogP contribution in [0.4, 0.5) is 11.8 Å². The summed E-state index contributed by atoms with van der Waals surface area (Å²) in [6.07, 6.45) is 2.01. The zero-order valence-corrected chi connectivity index (χ0v) is 11.0. The number of aromatic nitrogens is 2. The second-order valence-electron chi connectivity index (χ2n) is 4.57. The van der Waals surface area contributed by atoms with Crippen LogP contribution in [0.2, 0.25) is 0 Å². The molecule has 3 rings (SSSR count). The SMILES string of the molecule is CNc1nc(NCC(O)C2CC2)c2ccsc2n1. The summed E-state index contributed by atoms with van der Waals surface area (Å²) in [7, 11) is 1.80. The summed E-state index contributed by atoms with van der Waals surface area (Å²) in [5, 5.41) is 19.1. The van der Waals surface area contributed by atoms with Gasteiger partial charge in [0.25, 0.3) is 0 Å². The van der Waals surface area contributed by atoms with Gasteiger partial charge in [0, 0.05) is 13.6 Å². The molecule has 96 valence electrons. The maximum Gasteiger partial charge on any atom is 0.225 e. The van der Waals surface area contributed by atoms with Crippen molar-refractivity contribution in [2.24, 2.45) is 5.92 Å². The Balaban J connectivity index is 1.82. The fraction of sp³-hybridized carbons (Fsp3) is 0.500. The summed E-state index contributed by atoms with van der Waals surface area (Å²) >= 11 is 1.59. The Morgan fingerprint density at radius 3 is 3.06 bits per heavy atom. The molecule has 3 N–H and O–H groups in total. The molecule has 1 aliphatic rings. The van der Waals surface area contributed by atoms with Crippen LogP contribution in [0.25, 0.3) is 10.2 Å². The Hall–Kier alpha value is -1.40. The van der Waals surface area contributed by atoms with Crippen LogP contribution in [0.5, 0.6) is 0 Å². The van der Waals surface area contributed by atoms with Crippen molar-refractivity contribution in [1.82, 2.24) is 9.97 Å². The molecule has 1 atom stereocenters. The molecule has 0 aromatic carbocycles. The van der Waals surface area contributed by atoms with Crippen molar-refractivity contribution in [3.8, 4) is 0 Å². The van der Waals surface area contributed by atoms with Gasteiger partial charge in [0.2, 0.25) is 5.95 Å². The summed E-state index contributed by atoms with van der Waals surface area (Å²) in [4.78, 5) is 9.74. The van der Waals surface area contributed by atoms with Gasteiger partial charge in [-0.25, -0.2) is 4.98 Å². The quantitative estimate of drug-likeness (QED) is 0.769. The van der Waals surface area contributed by atoms with Crippen molar-refractivity contribution in [1.29, 1.82) is 0 Å². The minimum atomic E-state index is -0.272. The zero-order valence-electron chi connectivity index (χ0n) is 10.2. The van der Waals surface area contributed by atoms with Crippen LogP contribution in [0.15, 0.2) is 11.4 Å². The first-order valence-corrected chi connectivity index (χ1v) is 7.01. The molecule has 1 saturated carbocycles. The summed E-state index contributed by atoms with van der Waals surface area (Å²) in [5.74, 6) is 1.87. The smallest absolute Gasteiger partial charge is 0.225 e. The van der Waals surface area contributed by atoms with Gasteiger partial charge in [-0.15, -0.1) is 11.3 Å². The van der Waals surface area contributed by atoms with Crippen molar-refractivity contribution in [2.45, 2.75) is 18.9 Å².